The van der Waals surface area contributed by atoms with E-state index >= 15 is 0 Å². The van der Waals surface area contributed by atoms with E-state index in [9.17, 15) is 17.6 Å². The lowest BCUT2D eigenvalue weighted by molar-refractivity contribution is 0.157. The molecule has 2 amide bonds. The average Bonchev–Trinajstić information content (AvgIpc) is 2.63. The number of piperidine rings is 1. The normalized spacial score (nSPS) is 23.7. The Morgan fingerprint density at radius 3 is 2.56 bits per heavy atom. The number of benzene rings is 1. The van der Waals surface area contributed by atoms with Gasteiger partial charge in [0.05, 0.1) is 11.5 Å². The Labute approximate surface area is 160 Å². The smallest absolute Gasteiger partial charge is 0.317 e. The molecule has 0 bridgehead atoms. The molecule has 1 atom stereocenters. The van der Waals surface area contributed by atoms with E-state index in [2.05, 4.69) is 10.2 Å². The number of carbonyl (C=O) groups is 1. The predicted molar refractivity (Wildman–Crippen MR) is 103 cm³/mol. The number of rotatable bonds is 4. The largest absolute Gasteiger partial charge is 0.334 e. The second-order valence-electron chi connectivity index (χ2n) is 7.64. The summed E-state index contributed by atoms with van der Waals surface area (Å²) < 4.78 is 36.2. The molecule has 6 nitrogen and oxygen atoms in total. The van der Waals surface area contributed by atoms with E-state index in [-0.39, 0.29) is 35.4 Å². The fourth-order valence-corrected chi connectivity index (χ4v) is 5.34. The molecule has 2 fully saturated rings. The quantitative estimate of drug-likeness (QED) is 0.844. The van der Waals surface area contributed by atoms with Crippen LogP contribution in [0.1, 0.15) is 31.2 Å². The molecule has 27 heavy (non-hydrogen) atoms. The molecule has 1 N–H and O–H groups in total. The van der Waals surface area contributed by atoms with Crippen LogP contribution in [0.3, 0.4) is 0 Å². The summed E-state index contributed by atoms with van der Waals surface area (Å²) in [6, 6.07) is 6.45. The Kier molecular flexibility index (Phi) is 6.37. The van der Waals surface area contributed by atoms with Crippen LogP contribution in [0.2, 0.25) is 0 Å². The topological polar surface area (TPSA) is 69.7 Å². The van der Waals surface area contributed by atoms with Crippen LogP contribution in [0.5, 0.6) is 0 Å². The van der Waals surface area contributed by atoms with E-state index in [4.69, 9.17) is 0 Å². The number of likely N-dealkylation sites (tertiary alicyclic amines) is 1. The summed E-state index contributed by atoms with van der Waals surface area (Å²) in [5.74, 6) is 0.0787. The zero-order chi connectivity index (χ0) is 19.4. The lowest BCUT2D eigenvalue weighted by atomic mass is 10.0. The Hall–Kier alpha value is -1.67. The molecular weight excluding hydrogens is 369 g/mol. The van der Waals surface area contributed by atoms with Crippen molar-refractivity contribution in [2.24, 2.45) is 0 Å². The molecule has 2 aliphatic heterocycles. The standard InChI is InChI=1S/C19H28FN3O3S/c1-22(18-8-11-27(25,26)12-9-18)19(24)21-17-3-2-10-23(14-17)13-15-4-6-16(20)7-5-15/h4-7,17-18H,2-3,8-14H2,1H3,(H,21,24). The highest BCUT2D eigenvalue weighted by molar-refractivity contribution is 7.91. The van der Waals surface area contributed by atoms with Crippen LogP contribution in [0.25, 0.3) is 0 Å². The molecule has 3 rings (SSSR count). The maximum atomic E-state index is 13.0. The van der Waals surface area contributed by atoms with Gasteiger partial charge < -0.3 is 10.2 Å². The van der Waals surface area contributed by atoms with Gasteiger partial charge in [0.2, 0.25) is 0 Å². The fraction of sp³-hybridized carbons (Fsp3) is 0.632. The maximum absolute atomic E-state index is 13.0. The summed E-state index contributed by atoms with van der Waals surface area (Å²) in [6.07, 6.45) is 2.94. The Bertz CT molecular complexity index is 740. The minimum absolute atomic E-state index is 0.0209. The van der Waals surface area contributed by atoms with E-state index in [1.165, 1.54) is 12.1 Å². The maximum Gasteiger partial charge on any atom is 0.317 e. The highest BCUT2D eigenvalue weighted by atomic mass is 32.2. The van der Waals surface area contributed by atoms with Gasteiger partial charge >= 0.3 is 6.03 Å². The summed E-state index contributed by atoms with van der Waals surface area (Å²) in [5.41, 5.74) is 1.06. The zero-order valence-corrected chi connectivity index (χ0v) is 16.5. The van der Waals surface area contributed by atoms with Crippen molar-refractivity contribution in [3.63, 3.8) is 0 Å². The van der Waals surface area contributed by atoms with Gasteiger partial charge in [0.25, 0.3) is 0 Å². The van der Waals surface area contributed by atoms with Crippen molar-refractivity contribution in [1.29, 1.82) is 0 Å². The van der Waals surface area contributed by atoms with Crippen molar-refractivity contribution in [2.75, 3.05) is 31.6 Å². The van der Waals surface area contributed by atoms with Gasteiger partial charge in [0.15, 0.2) is 0 Å². The van der Waals surface area contributed by atoms with Crippen LogP contribution in [0, 0.1) is 5.82 Å². The molecule has 2 heterocycles. The molecule has 1 unspecified atom stereocenters. The number of halogens is 1. The first-order valence-electron chi connectivity index (χ1n) is 9.53. The SMILES string of the molecule is CN(C(=O)NC1CCCN(Cc2ccc(F)cc2)C1)C1CCS(=O)(=O)CC1. The first-order valence-corrected chi connectivity index (χ1v) is 11.3. The Balaban J connectivity index is 1.49. The van der Waals surface area contributed by atoms with Gasteiger partial charge in [-0.1, -0.05) is 12.1 Å². The molecule has 0 spiro atoms. The van der Waals surface area contributed by atoms with Gasteiger partial charge in [-0.25, -0.2) is 17.6 Å². The average molecular weight is 398 g/mol. The summed E-state index contributed by atoms with van der Waals surface area (Å²) in [5, 5.41) is 3.10. The van der Waals surface area contributed by atoms with E-state index in [1.54, 1.807) is 24.1 Å². The van der Waals surface area contributed by atoms with Crippen molar-refractivity contribution in [1.82, 2.24) is 15.1 Å². The van der Waals surface area contributed by atoms with Crippen molar-refractivity contribution >= 4 is 15.9 Å². The van der Waals surface area contributed by atoms with E-state index < -0.39 is 9.84 Å². The third kappa shape index (κ3) is 5.65. The number of amides is 2. The highest BCUT2D eigenvalue weighted by Gasteiger charge is 2.30. The summed E-state index contributed by atoms with van der Waals surface area (Å²) >= 11 is 0. The van der Waals surface area contributed by atoms with Gasteiger partial charge in [-0.3, -0.25) is 4.90 Å². The van der Waals surface area contributed by atoms with Crippen LogP contribution in [-0.2, 0) is 16.4 Å². The third-order valence-electron chi connectivity index (χ3n) is 5.54. The molecule has 0 radical (unpaired) electrons. The second-order valence-corrected chi connectivity index (χ2v) is 9.95. The lowest BCUT2D eigenvalue weighted by Gasteiger charge is -2.36. The van der Waals surface area contributed by atoms with Crippen LogP contribution in [0.4, 0.5) is 9.18 Å². The molecule has 150 valence electrons. The van der Waals surface area contributed by atoms with Crippen LogP contribution in [-0.4, -0.2) is 68.0 Å². The fourth-order valence-electron chi connectivity index (χ4n) is 3.87. The summed E-state index contributed by atoms with van der Waals surface area (Å²) in [6.45, 7) is 2.46. The molecule has 0 aliphatic carbocycles. The van der Waals surface area contributed by atoms with E-state index in [0.29, 0.717) is 12.8 Å². The molecule has 2 saturated heterocycles. The summed E-state index contributed by atoms with van der Waals surface area (Å²) in [7, 11) is -1.18. The summed E-state index contributed by atoms with van der Waals surface area (Å²) in [4.78, 5) is 16.5. The minimum Gasteiger partial charge on any atom is -0.334 e. The monoisotopic (exact) mass is 397 g/mol. The van der Waals surface area contributed by atoms with Gasteiger partial charge in [-0.2, -0.15) is 0 Å². The minimum atomic E-state index is -2.93. The first kappa shape index (κ1) is 20.1. The number of urea groups is 1. The zero-order valence-electron chi connectivity index (χ0n) is 15.7. The first-order chi connectivity index (χ1) is 12.8. The number of nitrogens with zero attached hydrogens (tertiary/aromatic N) is 2. The molecule has 1 aromatic carbocycles. The van der Waals surface area contributed by atoms with Crippen LogP contribution in [0.15, 0.2) is 24.3 Å². The molecule has 2 aliphatic rings. The Morgan fingerprint density at radius 1 is 1.22 bits per heavy atom. The molecule has 0 aromatic heterocycles. The van der Waals surface area contributed by atoms with E-state index in [1.807, 2.05) is 0 Å². The second kappa shape index (κ2) is 8.56. The van der Waals surface area contributed by atoms with Crippen LogP contribution >= 0.6 is 0 Å². The lowest BCUT2D eigenvalue weighted by Crippen LogP contribution is -2.53. The van der Waals surface area contributed by atoms with Gasteiger partial charge in [-0.05, 0) is 49.9 Å². The van der Waals surface area contributed by atoms with Crippen molar-refractivity contribution in [3.05, 3.63) is 35.6 Å². The predicted octanol–water partition coefficient (Wildman–Crippen LogP) is 2.01. The van der Waals surface area contributed by atoms with Gasteiger partial charge in [0, 0.05) is 32.2 Å². The van der Waals surface area contributed by atoms with Gasteiger partial charge in [0.1, 0.15) is 15.7 Å². The number of hydrogen-bond donors (Lipinski definition) is 1. The Morgan fingerprint density at radius 2 is 1.89 bits per heavy atom. The number of carbonyl (C=O) groups excluding carboxylic acids is 1. The number of hydrogen-bond acceptors (Lipinski definition) is 4. The third-order valence-corrected chi connectivity index (χ3v) is 7.26. The van der Waals surface area contributed by atoms with E-state index in [0.717, 1.165) is 38.0 Å². The molecule has 0 saturated carbocycles. The highest BCUT2D eigenvalue weighted by Crippen LogP contribution is 2.18. The number of nitrogens with one attached hydrogen (secondary N) is 1. The molecule has 8 heteroatoms. The molecular formula is C19H28FN3O3S. The van der Waals surface area contributed by atoms with Crippen molar-refractivity contribution < 1.29 is 17.6 Å². The van der Waals surface area contributed by atoms with Crippen molar-refractivity contribution in [3.8, 4) is 0 Å². The number of sulfone groups is 1. The molecule has 1 aromatic rings. The van der Waals surface area contributed by atoms with Crippen molar-refractivity contribution in [2.45, 2.75) is 44.3 Å². The van der Waals surface area contributed by atoms with Crippen LogP contribution < -0.4 is 5.32 Å². The van der Waals surface area contributed by atoms with Gasteiger partial charge in [-0.15, -0.1) is 0 Å².